The van der Waals surface area contributed by atoms with Crippen LogP contribution in [0.3, 0.4) is 0 Å². The summed E-state index contributed by atoms with van der Waals surface area (Å²) >= 11 is 1.82. The lowest BCUT2D eigenvalue weighted by molar-refractivity contribution is 0.196. The number of rotatable bonds is 0. The molecule has 54 valence electrons. The van der Waals surface area contributed by atoms with Gasteiger partial charge in [-0.05, 0) is 12.2 Å². The molecule has 0 amide bonds. The SMILES string of the molecule is OC1C=NC=C2SCCC21. The minimum atomic E-state index is -0.324. The van der Waals surface area contributed by atoms with Gasteiger partial charge in [-0.3, -0.25) is 4.99 Å². The van der Waals surface area contributed by atoms with Gasteiger partial charge in [-0.15, -0.1) is 11.8 Å². The van der Waals surface area contributed by atoms with Crippen molar-refractivity contribution in [2.45, 2.75) is 12.5 Å². The molecule has 1 fully saturated rings. The second-order valence-corrected chi connectivity index (χ2v) is 3.73. The van der Waals surface area contributed by atoms with Gasteiger partial charge in [-0.25, -0.2) is 0 Å². The number of hydrogen-bond donors (Lipinski definition) is 1. The van der Waals surface area contributed by atoms with E-state index in [0.717, 1.165) is 12.2 Å². The third kappa shape index (κ3) is 0.896. The molecule has 0 aromatic heterocycles. The molecular weight excluding hydrogens is 146 g/mol. The highest BCUT2D eigenvalue weighted by Crippen LogP contribution is 2.39. The predicted octanol–water partition coefficient (Wildman–Crippen LogP) is 1.03. The number of fused-ring (bicyclic) bond motifs is 1. The van der Waals surface area contributed by atoms with E-state index < -0.39 is 0 Å². The third-order valence-electron chi connectivity index (χ3n) is 1.92. The Morgan fingerprint density at radius 3 is 3.40 bits per heavy atom. The highest BCUT2D eigenvalue weighted by Gasteiger charge is 2.29. The van der Waals surface area contributed by atoms with Crippen LogP contribution in [0.1, 0.15) is 6.42 Å². The van der Waals surface area contributed by atoms with Gasteiger partial charge >= 0.3 is 0 Å². The van der Waals surface area contributed by atoms with E-state index in [2.05, 4.69) is 4.99 Å². The van der Waals surface area contributed by atoms with Crippen LogP contribution >= 0.6 is 11.8 Å². The molecule has 2 aliphatic heterocycles. The summed E-state index contributed by atoms with van der Waals surface area (Å²) in [6.45, 7) is 0. The fraction of sp³-hybridized carbons (Fsp3) is 0.571. The molecule has 0 aliphatic carbocycles. The van der Waals surface area contributed by atoms with Crippen LogP contribution in [0.2, 0.25) is 0 Å². The van der Waals surface area contributed by atoms with Gasteiger partial charge < -0.3 is 5.11 Å². The summed E-state index contributed by atoms with van der Waals surface area (Å²) in [5, 5.41) is 9.38. The number of aliphatic hydroxyl groups excluding tert-OH is 1. The highest BCUT2D eigenvalue weighted by atomic mass is 32.2. The molecule has 2 unspecified atom stereocenters. The molecule has 2 nitrogen and oxygen atoms in total. The van der Waals surface area contributed by atoms with E-state index >= 15 is 0 Å². The number of aliphatic hydroxyl groups is 1. The molecule has 1 N–H and O–H groups in total. The Morgan fingerprint density at radius 1 is 1.70 bits per heavy atom. The minimum absolute atomic E-state index is 0.324. The topological polar surface area (TPSA) is 32.6 Å². The average molecular weight is 155 g/mol. The second-order valence-electron chi connectivity index (χ2n) is 2.56. The summed E-state index contributed by atoms with van der Waals surface area (Å²) < 4.78 is 0. The summed E-state index contributed by atoms with van der Waals surface area (Å²) in [5.41, 5.74) is 0. The first-order valence-corrected chi connectivity index (χ1v) is 4.41. The van der Waals surface area contributed by atoms with Crippen LogP contribution in [-0.4, -0.2) is 23.2 Å². The van der Waals surface area contributed by atoms with Crippen molar-refractivity contribution < 1.29 is 5.11 Å². The van der Waals surface area contributed by atoms with E-state index in [0.29, 0.717) is 5.92 Å². The van der Waals surface area contributed by atoms with Crippen molar-refractivity contribution in [2.24, 2.45) is 10.9 Å². The van der Waals surface area contributed by atoms with Gasteiger partial charge in [0.05, 0.1) is 6.10 Å². The molecule has 2 heterocycles. The zero-order valence-electron chi connectivity index (χ0n) is 5.53. The lowest BCUT2D eigenvalue weighted by atomic mass is 9.99. The molecule has 10 heavy (non-hydrogen) atoms. The molecule has 0 aromatic rings. The predicted molar refractivity (Wildman–Crippen MR) is 43.1 cm³/mol. The first-order chi connectivity index (χ1) is 4.88. The number of thioether (sulfide) groups is 1. The lowest BCUT2D eigenvalue weighted by Crippen LogP contribution is -2.22. The standard InChI is InChI=1S/C7H9NOS/c9-6-3-8-4-7-5(6)1-2-10-7/h3-6,9H,1-2H2. The average Bonchev–Trinajstić information content (AvgIpc) is 2.36. The maximum absolute atomic E-state index is 9.38. The van der Waals surface area contributed by atoms with Gasteiger partial charge in [0.25, 0.3) is 0 Å². The fourth-order valence-electron chi connectivity index (χ4n) is 1.33. The van der Waals surface area contributed by atoms with Crippen molar-refractivity contribution in [3.8, 4) is 0 Å². The molecular formula is C7H9NOS. The Kier molecular flexibility index (Phi) is 1.54. The van der Waals surface area contributed by atoms with E-state index in [1.807, 2.05) is 18.0 Å². The maximum Gasteiger partial charge on any atom is 0.0965 e. The minimum Gasteiger partial charge on any atom is -0.387 e. The van der Waals surface area contributed by atoms with Gasteiger partial charge in [0.1, 0.15) is 0 Å². The van der Waals surface area contributed by atoms with E-state index in [9.17, 15) is 5.11 Å². The van der Waals surface area contributed by atoms with Gasteiger partial charge in [0.15, 0.2) is 0 Å². The Bertz CT molecular complexity index is 200. The quantitative estimate of drug-likeness (QED) is 0.566. The summed E-state index contributed by atoms with van der Waals surface area (Å²) in [6, 6.07) is 0. The van der Waals surface area contributed by atoms with Crippen molar-refractivity contribution in [1.29, 1.82) is 0 Å². The Morgan fingerprint density at radius 2 is 2.60 bits per heavy atom. The molecule has 2 atom stereocenters. The van der Waals surface area contributed by atoms with Crippen molar-refractivity contribution >= 4 is 18.0 Å². The molecule has 0 spiro atoms. The van der Waals surface area contributed by atoms with Crippen LogP contribution in [0.25, 0.3) is 0 Å². The van der Waals surface area contributed by atoms with Gasteiger partial charge in [-0.1, -0.05) is 0 Å². The summed E-state index contributed by atoms with van der Waals surface area (Å²) in [4.78, 5) is 5.20. The lowest BCUT2D eigenvalue weighted by Gasteiger charge is -2.16. The van der Waals surface area contributed by atoms with Crippen LogP contribution in [0.4, 0.5) is 0 Å². The van der Waals surface area contributed by atoms with Gasteiger partial charge in [-0.2, -0.15) is 0 Å². The van der Waals surface area contributed by atoms with E-state index in [4.69, 9.17) is 0 Å². The largest absolute Gasteiger partial charge is 0.387 e. The van der Waals surface area contributed by atoms with E-state index in [-0.39, 0.29) is 6.10 Å². The Balaban J connectivity index is 2.25. The zero-order chi connectivity index (χ0) is 6.97. The summed E-state index contributed by atoms with van der Waals surface area (Å²) in [7, 11) is 0. The van der Waals surface area contributed by atoms with Crippen LogP contribution in [0, 0.1) is 5.92 Å². The monoisotopic (exact) mass is 155 g/mol. The maximum atomic E-state index is 9.38. The van der Waals surface area contributed by atoms with Crippen molar-refractivity contribution in [3.63, 3.8) is 0 Å². The normalized spacial score (nSPS) is 37.5. The Hall–Kier alpha value is -0.280. The second kappa shape index (κ2) is 2.40. The van der Waals surface area contributed by atoms with Crippen LogP contribution in [0.15, 0.2) is 16.1 Å². The van der Waals surface area contributed by atoms with Crippen LogP contribution in [-0.2, 0) is 0 Å². The van der Waals surface area contributed by atoms with Crippen molar-refractivity contribution in [1.82, 2.24) is 0 Å². The first kappa shape index (κ1) is 6.43. The number of hydrogen-bond acceptors (Lipinski definition) is 3. The molecule has 3 heteroatoms. The van der Waals surface area contributed by atoms with Crippen molar-refractivity contribution in [2.75, 3.05) is 5.75 Å². The smallest absolute Gasteiger partial charge is 0.0965 e. The highest BCUT2D eigenvalue weighted by molar-refractivity contribution is 8.03. The molecule has 0 bridgehead atoms. The number of nitrogens with zero attached hydrogens (tertiary/aromatic N) is 1. The molecule has 1 saturated heterocycles. The zero-order valence-corrected chi connectivity index (χ0v) is 6.34. The molecule has 0 radical (unpaired) electrons. The molecule has 2 rings (SSSR count). The van der Waals surface area contributed by atoms with Crippen LogP contribution < -0.4 is 0 Å². The molecule has 2 aliphatic rings. The molecule has 0 saturated carbocycles. The Labute approximate surface area is 64.0 Å². The van der Waals surface area contributed by atoms with Crippen LogP contribution in [0.5, 0.6) is 0 Å². The third-order valence-corrected chi connectivity index (χ3v) is 3.10. The summed E-state index contributed by atoms with van der Waals surface area (Å²) in [6.07, 6.45) is 4.27. The van der Waals surface area contributed by atoms with Gasteiger partial charge in [0.2, 0.25) is 0 Å². The molecule has 0 aromatic carbocycles. The summed E-state index contributed by atoms with van der Waals surface area (Å²) in [5.74, 6) is 1.50. The van der Waals surface area contributed by atoms with E-state index in [1.54, 1.807) is 6.21 Å². The fourth-order valence-corrected chi connectivity index (χ4v) is 2.55. The van der Waals surface area contributed by atoms with Gasteiger partial charge in [0, 0.05) is 23.2 Å². The van der Waals surface area contributed by atoms with Crippen molar-refractivity contribution in [3.05, 3.63) is 11.1 Å². The first-order valence-electron chi connectivity index (χ1n) is 3.42. The van der Waals surface area contributed by atoms with E-state index in [1.165, 1.54) is 4.91 Å². The number of aliphatic imine (C=N–C) groups is 1.